The van der Waals surface area contributed by atoms with Crippen LogP contribution in [0.4, 0.5) is 5.69 Å². The van der Waals surface area contributed by atoms with Gasteiger partial charge in [-0.05, 0) is 38.3 Å². The first-order valence-corrected chi connectivity index (χ1v) is 7.76. The van der Waals surface area contributed by atoms with Crippen molar-refractivity contribution in [2.45, 2.75) is 38.6 Å². The first-order valence-electron chi connectivity index (χ1n) is 7.76. The van der Waals surface area contributed by atoms with Gasteiger partial charge in [0, 0.05) is 30.3 Å². The van der Waals surface area contributed by atoms with E-state index in [2.05, 4.69) is 5.32 Å². The molecule has 1 aromatic rings. The van der Waals surface area contributed by atoms with Crippen molar-refractivity contribution in [2.75, 3.05) is 11.9 Å². The van der Waals surface area contributed by atoms with Gasteiger partial charge in [0.25, 0.3) is 0 Å². The second-order valence-electron chi connectivity index (χ2n) is 6.16. The maximum atomic E-state index is 12.3. The number of benzene rings is 1. The summed E-state index contributed by atoms with van der Waals surface area (Å²) in [5.41, 5.74) is 1.17. The van der Waals surface area contributed by atoms with Gasteiger partial charge in [0.15, 0.2) is 5.78 Å². The molecule has 1 heterocycles. The van der Waals surface area contributed by atoms with Gasteiger partial charge in [-0.2, -0.15) is 0 Å². The number of nitrogens with one attached hydrogen (secondary N) is 1. The normalized spacial score (nSPS) is 21.6. The van der Waals surface area contributed by atoms with E-state index in [1.54, 1.807) is 24.3 Å². The van der Waals surface area contributed by atoms with Crippen LogP contribution in [0.25, 0.3) is 0 Å². The molecule has 1 N–H and O–H groups in total. The molecule has 0 bridgehead atoms. The Morgan fingerprint density at radius 2 is 2.05 bits per heavy atom. The van der Waals surface area contributed by atoms with Gasteiger partial charge in [-0.3, -0.25) is 14.4 Å². The molecule has 0 aromatic heterocycles. The molecule has 2 fully saturated rings. The highest BCUT2D eigenvalue weighted by molar-refractivity contribution is 5.99. The summed E-state index contributed by atoms with van der Waals surface area (Å²) < 4.78 is 0. The second kappa shape index (κ2) is 5.91. The maximum absolute atomic E-state index is 12.3. The fraction of sp³-hybridized carbons (Fsp3) is 0.471. The van der Waals surface area contributed by atoms with Gasteiger partial charge >= 0.3 is 0 Å². The number of nitrogens with zero attached hydrogens (tertiary/aromatic N) is 1. The molecule has 1 atom stereocenters. The molecule has 5 heteroatoms. The van der Waals surface area contributed by atoms with Gasteiger partial charge in [0.05, 0.1) is 5.92 Å². The third-order valence-electron chi connectivity index (χ3n) is 4.58. The lowest BCUT2D eigenvalue weighted by Crippen LogP contribution is -2.41. The Hall–Kier alpha value is -2.17. The largest absolute Gasteiger partial charge is 0.339 e. The number of anilines is 1. The molecule has 0 radical (unpaired) electrons. The van der Waals surface area contributed by atoms with Crippen LogP contribution in [0.1, 0.15) is 43.0 Å². The van der Waals surface area contributed by atoms with Gasteiger partial charge < -0.3 is 10.2 Å². The molecule has 1 aromatic carbocycles. The summed E-state index contributed by atoms with van der Waals surface area (Å²) in [6.45, 7) is 2.01. The Kier molecular flexibility index (Phi) is 3.96. The zero-order chi connectivity index (χ0) is 15.7. The molecule has 116 valence electrons. The highest BCUT2D eigenvalue weighted by atomic mass is 16.2. The van der Waals surface area contributed by atoms with Crippen LogP contribution in [0, 0.1) is 5.92 Å². The van der Waals surface area contributed by atoms with Crippen molar-refractivity contribution in [3.63, 3.8) is 0 Å². The van der Waals surface area contributed by atoms with E-state index in [9.17, 15) is 14.4 Å². The summed E-state index contributed by atoms with van der Waals surface area (Å²) in [6, 6.07) is 7.22. The van der Waals surface area contributed by atoms with E-state index in [-0.39, 0.29) is 29.9 Å². The van der Waals surface area contributed by atoms with E-state index in [4.69, 9.17) is 0 Å². The number of hydrogen-bond acceptors (Lipinski definition) is 3. The fourth-order valence-corrected chi connectivity index (χ4v) is 3.02. The Morgan fingerprint density at radius 3 is 2.68 bits per heavy atom. The summed E-state index contributed by atoms with van der Waals surface area (Å²) in [6.07, 6.45) is 3.57. The summed E-state index contributed by atoms with van der Waals surface area (Å²) in [7, 11) is 0. The lowest BCUT2D eigenvalue weighted by Gasteiger charge is -2.34. The van der Waals surface area contributed by atoms with E-state index in [1.807, 2.05) is 4.90 Å². The van der Waals surface area contributed by atoms with E-state index < -0.39 is 0 Å². The molecule has 2 aliphatic rings. The Labute approximate surface area is 129 Å². The number of rotatable bonds is 4. The van der Waals surface area contributed by atoms with Crippen molar-refractivity contribution in [1.82, 2.24) is 4.90 Å². The Bertz CT molecular complexity index is 622. The molecule has 1 aliphatic carbocycles. The number of hydrogen-bond donors (Lipinski definition) is 1. The Morgan fingerprint density at radius 1 is 1.27 bits per heavy atom. The third-order valence-corrected chi connectivity index (χ3v) is 4.58. The van der Waals surface area contributed by atoms with Crippen molar-refractivity contribution >= 4 is 23.3 Å². The number of Topliss-reactive ketones (excluding diaryl/α,β-unsaturated/α-hetero) is 1. The number of ketones is 1. The second-order valence-corrected chi connectivity index (χ2v) is 6.16. The zero-order valence-electron chi connectivity index (χ0n) is 12.7. The van der Waals surface area contributed by atoms with Gasteiger partial charge in [-0.25, -0.2) is 0 Å². The molecule has 1 aliphatic heterocycles. The average molecular weight is 300 g/mol. The van der Waals surface area contributed by atoms with Crippen LogP contribution in [-0.2, 0) is 9.59 Å². The third kappa shape index (κ3) is 2.89. The maximum Gasteiger partial charge on any atom is 0.229 e. The molecule has 1 saturated carbocycles. The topological polar surface area (TPSA) is 66.5 Å². The number of likely N-dealkylation sites (tertiary alicyclic amines) is 1. The molecule has 1 saturated heterocycles. The summed E-state index contributed by atoms with van der Waals surface area (Å²) in [4.78, 5) is 37.6. The van der Waals surface area contributed by atoms with Gasteiger partial charge in [0.2, 0.25) is 11.8 Å². The van der Waals surface area contributed by atoms with Crippen molar-refractivity contribution in [3.8, 4) is 0 Å². The van der Waals surface area contributed by atoms with Gasteiger partial charge in [-0.1, -0.05) is 12.1 Å². The first kappa shape index (κ1) is 14.8. The first-order chi connectivity index (χ1) is 10.5. The minimum absolute atomic E-state index is 0.0386. The molecule has 0 spiro atoms. The predicted molar refractivity (Wildman–Crippen MR) is 82.5 cm³/mol. The predicted octanol–water partition coefficient (Wildman–Crippen LogP) is 2.23. The number of amides is 2. The minimum Gasteiger partial charge on any atom is -0.339 e. The lowest BCUT2D eigenvalue weighted by atomic mass is 9.92. The van der Waals surface area contributed by atoms with Crippen molar-refractivity contribution < 1.29 is 14.4 Å². The summed E-state index contributed by atoms with van der Waals surface area (Å²) in [5, 5.41) is 2.83. The molecule has 5 nitrogen and oxygen atoms in total. The van der Waals surface area contributed by atoms with E-state index in [0.29, 0.717) is 23.8 Å². The van der Waals surface area contributed by atoms with Crippen molar-refractivity contribution in [1.29, 1.82) is 0 Å². The standard InChI is InChI=1S/C17H20N2O3/c1-11(20)12-4-2-5-14(8-12)18-17(22)13-9-16(21)19(10-13)15-6-3-7-15/h2,4-5,8,13,15H,3,6-7,9-10H2,1H3,(H,18,22). The zero-order valence-corrected chi connectivity index (χ0v) is 12.7. The molecule has 1 unspecified atom stereocenters. The van der Waals surface area contributed by atoms with Crippen LogP contribution in [0.5, 0.6) is 0 Å². The summed E-state index contributed by atoms with van der Waals surface area (Å²) in [5.74, 6) is -0.393. The highest BCUT2D eigenvalue weighted by Gasteiger charge is 2.39. The minimum atomic E-state index is -0.297. The van der Waals surface area contributed by atoms with E-state index >= 15 is 0 Å². The van der Waals surface area contributed by atoms with Crippen molar-refractivity contribution in [2.24, 2.45) is 5.92 Å². The van der Waals surface area contributed by atoms with Crippen LogP contribution in [0.15, 0.2) is 24.3 Å². The Balaban J connectivity index is 1.64. The monoisotopic (exact) mass is 300 g/mol. The van der Waals surface area contributed by atoms with Crippen LogP contribution in [0.3, 0.4) is 0 Å². The lowest BCUT2D eigenvalue weighted by molar-refractivity contribution is -0.131. The molecule has 2 amide bonds. The van der Waals surface area contributed by atoms with Crippen LogP contribution in [0.2, 0.25) is 0 Å². The van der Waals surface area contributed by atoms with Crippen LogP contribution >= 0.6 is 0 Å². The fourth-order valence-electron chi connectivity index (χ4n) is 3.02. The highest BCUT2D eigenvalue weighted by Crippen LogP contribution is 2.31. The van der Waals surface area contributed by atoms with Crippen LogP contribution < -0.4 is 5.32 Å². The van der Waals surface area contributed by atoms with Gasteiger partial charge in [-0.15, -0.1) is 0 Å². The smallest absolute Gasteiger partial charge is 0.229 e. The molecular weight excluding hydrogens is 280 g/mol. The van der Waals surface area contributed by atoms with Gasteiger partial charge in [0.1, 0.15) is 0 Å². The van der Waals surface area contributed by atoms with Crippen LogP contribution in [-0.4, -0.2) is 35.1 Å². The molecule has 22 heavy (non-hydrogen) atoms. The van der Waals surface area contributed by atoms with Crippen molar-refractivity contribution in [3.05, 3.63) is 29.8 Å². The number of carbonyl (C=O) groups excluding carboxylic acids is 3. The molecular formula is C17H20N2O3. The number of carbonyl (C=O) groups is 3. The summed E-state index contributed by atoms with van der Waals surface area (Å²) >= 11 is 0. The van der Waals surface area contributed by atoms with E-state index in [0.717, 1.165) is 12.8 Å². The van der Waals surface area contributed by atoms with E-state index in [1.165, 1.54) is 13.3 Å². The SMILES string of the molecule is CC(=O)c1cccc(NC(=O)C2CC(=O)N(C3CCC3)C2)c1. The quantitative estimate of drug-likeness (QED) is 0.867. The molecule has 3 rings (SSSR count). The average Bonchev–Trinajstić information content (AvgIpc) is 2.79.